The Balaban J connectivity index is 1.64. The van der Waals surface area contributed by atoms with Gasteiger partial charge in [0.1, 0.15) is 6.54 Å². The standard InChI is InChI=1S/C23H22N4O5S/c1-3-25-21-10-5-4-9-19(21)20-13-16(11-12-22(20)25)24-23(28)15-26(33(2,31)32)17-7-6-8-18(14-17)27(29)30/h4-14H,3,15H2,1-2H3,(H,24,28). The summed E-state index contributed by atoms with van der Waals surface area (Å²) in [4.78, 5) is 23.2. The second-order valence-corrected chi connectivity index (χ2v) is 9.49. The van der Waals surface area contributed by atoms with E-state index in [1.807, 2.05) is 36.4 Å². The average Bonchev–Trinajstić information content (AvgIpc) is 3.10. The second-order valence-electron chi connectivity index (χ2n) is 7.59. The lowest BCUT2D eigenvalue weighted by atomic mass is 10.1. The zero-order valence-corrected chi connectivity index (χ0v) is 18.9. The van der Waals surface area contributed by atoms with Crippen molar-refractivity contribution in [2.24, 2.45) is 0 Å². The van der Waals surface area contributed by atoms with Gasteiger partial charge in [-0.1, -0.05) is 24.3 Å². The topological polar surface area (TPSA) is 115 Å². The number of hydrogen-bond donors (Lipinski definition) is 1. The molecule has 3 aromatic carbocycles. The Labute approximate surface area is 190 Å². The molecule has 0 fully saturated rings. The lowest BCUT2D eigenvalue weighted by Crippen LogP contribution is -2.37. The molecule has 0 aliphatic heterocycles. The number of rotatable bonds is 7. The van der Waals surface area contributed by atoms with E-state index in [0.29, 0.717) is 5.69 Å². The molecule has 0 unspecified atom stereocenters. The van der Waals surface area contributed by atoms with Gasteiger partial charge in [-0.25, -0.2) is 8.42 Å². The summed E-state index contributed by atoms with van der Waals surface area (Å²) in [6.07, 6.45) is 0.949. The highest BCUT2D eigenvalue weighted by molar-refractivity contribution is 7.92. The number of nitrogens with zero attached hydrogens (tertiary/aromatic N) is 3. The van der Waals surface area contributed by atoms with Crippen molar-refractivity contribution in [2.75, 3.05) is 22.4 Å². The van der Waals surface area contributed by atoms with Crippen molar-refractivity contribution < 1.29 is 18.1 Å². The number of sulfonamides is 1. The Morgan fingerprint density at radius 1 is 1.03 bits per heavy atom. The summed E-state index contributed by atoms with van der Waals surface area (Å²) in [7, 11) is -3.86. The molecule has 0 saturated carbocycles. The molecule has 1 amide bonds. The van der Waals surface area contributed by atoms with E-state index in [2.05, 4.69) is 16.8 Å². The van der Waals surface area contributed by atoms with E-state index in [1.165, 1.54) is 18.2 Å². The third-order valence-electron chi connectivity index (χ3n) is 5.39. The van der Waals surface area contributed by atoms with Crippen LogP contribution in [0.4, 0.5) is 17.1 Å². The number of para-hydroxylation sites is 1. The van der Waals surface area contributed by atoms with Crippen LogP contribution in [0.15, 0.2) is 66.7 Å². The minimum atomic E-state index is -3.86. The Hall–Kier alpha value is -3.92. The van der Waals surface area contributed by atoms with Crippen LogP contribution in [-0.2, 0) is 21.4 Å². The Kier molecular flexibility index (Phi) is 5.77. The summed E-state index contributed by atoms with van der Waals surface area (Å²) < 4.78 is 27.7. The van der Waals surface area contributed by atoms with E-state index < -0.39 is 27.4 Å². The van der Waals surface area contributed by atoms with E-state index in [1.54, 1.807) is 6.07 Å². The van der Waals surface area contributed by atoms with E-state index in [9.17, 15) is 23.3 Å². The van der Waals surface area contributed by atoms with Gasteiger partial charge in [0.25, 0.3) is 5.69 Å². The van der Waals surface area contributed by atoms with Gasteiger partial charge in [0.15, 0.2) is 0 Å². The number of nitro benzene ring substituents is 1. The number of benzene rings is 3. The Bertz CT molecular complexity index is 1490. The monoisotopic (exact) mass is 466 g/mol. The highest BCUT2D eigenvalue weighted by Crippen LogP contribution is 2.31. The number of amides is 1. The van der Waals surface area contributed by atoms with Gasteiger partial charge in [0.2, 0.25) is 15.9 Å². The number of anilines is 2. The molecule has 9 nitrogen and oxygen atoms in total. The number of aromatic nitrogens is 1. The molecule has 0 saturated heterocycles. The molecule has 0 bridgehead atoms. The van der Waals surface area contributed by atoms with Gasteiger partial charge < -0.3 is 9.88 Å². The molecular formula is C23H22N4O5S. The van der Waals surface area contributed by atoms with E-state index >= 15 is 0 Å². The minimum absolute atomic E-state index is 0.0447. The van der Waals surface area contributed by atoms with Gasteiger partial charge in [-0.05, 0) is 37.3 Å². The number of non-ortho nitro benzene ring substituents is 1. The number of carbonyl (C=O) groups is 1. The van der Waals surface area contributed by atoms with Gasteiger partial charge >= 0.3 is 0 Å². The maximum atomic E-state index is 12.8. The van der Waals surface area contributed by atoms with Crippen LogP contribution >= 0.6 is 0 Å². The van der Waals surface area contributed by atoms with Crippen LogP contribution < -0.4 is 9.62 Å². The number of nitro groups is 1. The molecular weight excluding hydrogens is 444 g/mol. The fourth-order valence-electron chi connectivity index (χ4n) is 3.96. The number of fused-ring (bicyclic) bond motifs is 3. The van der Waals surface area contributed by atoms with Gasteiger partial charge in [-0.3, -0.25) is 19.2 Å². The van der Waals surface area contributed by atoms with Gasteiger partial charge in [-0.2, -0.15) is 0 Å². The molecule has 4 aromatic rings. The SMILES string of the molecule is CCn1c2ccccc2c2cc(NC(=O)CN(c3cccc([N+](=O)[O-])c3)S(C)(=O)=O)ccc21. The van der Waals surface area contributed by atoms with Gasteiger partial charge in [0, 0.05) is 46.2 Å². The van der Waals surface area contributed by atoms with Crippen LogP contribution in [0, 0.1) is 10.1 Å². The highest BCUT2D eigenvalue weighted by Gasteiger charge is 2.23. The predicted molar refractivity (Wildman–Crippen MR) is 129 cm³/mol. The van der Waals surface area contributed by atoms with Crippen molar-refractivity contribution in [1.82, 2.24) is 4.57 Å². The van der Waals surface area contributed by atoms with Crippen molar-refractivity contribution in [3.63, 3.8) is 0 Å². The molecule has 1 aromatic heterocycles. The molecule has 0 radical (unpaired) electrons. The zero-order chi connectivity index (χ0) is 23.8. The number of aryl methyl sites for hydroxylation is 1. The first kappa shape index (κ1) is 22.3. The summed E-state index contributed by atoms with van der Waals surface area (Å²) in [6.45, 7) is 2.34. The fourth-order valence-corrected chi connectivity index (χ4v) is 4.81. The first-order chi connectivity index (χ1) is 15.7. The predicted octanol–water partition coefficient (Wildman–Crippen LogP) is 4.13. The van der Waals surface area contributed by atoms with E-state index in [4.69, 9.17) is 0 Å². The summed E-state index contributed by atoms with van der Waals surface area (Å²) in [5.74, 6) is -0.564. The second kappa shape index (κ2) is 8.55. The lowest BCUT2D eigenvalue weighted by molar-refractivity contribution is -0.384. The van der Waals surface area contributed by atoms with E-state index in [-0.39, 0.29) is 11.4 Å². The molecule has 0 spiro atoms. The number of nitrogens with one attached hydrogen (secondary N) is 1. The number of hydrogen-bond acceptors (Lipinski definition) is 5. The third kappa shape index (κ3) is 4.37. The third-order valence-corrected chi connectivity index (χ3v) is 6.53. The first-order valence-corrected chi connectivity index (χ1v) is 12.1. The maximum absolute atomic E-state index is 12.8. The van der Waals surface area contributed by atoms with Crippen molar-refractivity contribution in [1.29, 1.82) is 0 Å². The summed E-state index contributed by atoms with van der Waals surface area (Å²) in [5.41, 5.74) is 2.43. The molecule has 170 valence electrons. The molecule has 4 rings (SSSR count). The van der Waals surface area contributed by atoms with Crippen LogP contribution in [0.2, 0.25) is 0 Å². The number of carbonyl (C=O) groups excluding carboxylic acids is 1. The molecule has 0 aliphatic rings. The molecule has 0 atom stereocenters. The molecule has 10 heteroatoms. The molecule has 33 heavy (non-hydrogen) atoms. The smallest absolute Gasteiger partial charge is 0.271 e. The Morgan fingerprint density at radius 2 is 1.76 bits per heavy atom. The van der Waals surface area contributed by atoms with Crippen LogP contribution in [0.25, 0.3) is 21.8 Å². The van der Waals surface area contributed by atoms with Crippen molar-refractivity contribution in [3.8, 4) is 0 Å². The first-order valence-electron chi connectivity index (χ1n) is 10.2. The highest BCUT2D eigenvalue weighted by atomic mass is 32.2. The van der Waals surface area contributed by atoms with Crippen LogP contribution in [0.3, 0.4) is 0 Å². The van der Waals surface area contributed by atoms with Crippen LogP contribution in [0.5, 0.6) is 0 Å². The molecule has 1 heterocycles. The fraction of sp³-hybridized carbons (Fsp3) is 0.174. The molecule has 0 aliphatic carbocycles. The quantitative estimate of drug-likeness (QED) is 0.325. The maximum Gasteiger partial charge on any atom is 0.271 e. The van der Waals surface area contributed by atoms with Gasteiger partial charge in [0.05, 0.1) is 16.9 Å². The normalized spacial score (nSPS) is 11.6. The van der Waals surface area contributed by atoms with Crippen LogP contribution in [0.1, 0.15) is 6.92 Å². The van der Waals surface area contributed by atoms with Crippen molar-refractivity contribution >= 4 is 54.8 Å². The van der Waals surface area contributed by atoms with E-state index in [0.717, 1.165) is 45.0 Å². The molecule has 1 N–H and O–H groups in total. The van der Waals surface area contributed by atoms with Gasteiger partial charge in [-0.15, -0.1) is 0 Å². The zero-order valence-electron chi connectivity index (χ0n) is 18.1. The summed E-state index contributed by atoms with van der Waals surface area (Å²) in [6, 6.07) is 18.7. The largest absolute Gasteiger partial charge is 0.341 e. The lowest BCUT2D eigenvalue weighted by Gasteiger charge is -2.21. The van der Waals surface area contributed by atoms with Crippen molar-refractivity contribution in [3.05, 3.63) is 76.8 Å². The minimum Gasteiger partial charge on any atom is -0.341 e. The Morgan fingerprint density at radius 3 is 2.45 bits per heavy atom. The summed E-state index contributed by atoms with van der Waals surface area (Å²) >= 11 is 0. The van der Waals surface area contributed by atoms with Crippen LogP contribution in [-0.4, -0.2) is 36.6 Å². The van der Waals surface area contributed by atoms with Crippen molar-refractivity contribution in [2.45, 2.75) is 13.5 Å². The average molecular weight is 467 g/mol. The summed E-state index contributed by atoms with van der Waals surface area (Å²) in [5, 5.41) is 15.8.